The van der Waals surface area contributed by atoms with Crippen LogP contribution in [0.15, 0.2) is 24.3 Å². The molecule has 38 heavy (non-hydrogen) atoms. The number of benzene rings is 2. The number of rotatable bonds is 5. The lowest BCUT2D eigenvalue weighted by Crippen LogP contribution is -2.44. The molecular weight excluding hydrogens is 525 g/mol. The minimum absolute atomic E-state index is 0.0391. The third-order valence-corrected chi connectivity index (χ3v) is 9.39. The summed E-state index contributed by atoms with van der Waals surface area (Å²) in [4.78, 5) is 18.6. The standard InChI is InChI=1S/C27H29ClFN7OS/c28-18-14-17-23(21(29)20(18)16-4-1-5-19-22(16)32-25(30)38-19)33-26(34-24(17)35-12-8-31-9-13-35)37-15-27-6-2-10-36(27)11-3-7-27/h1,4-5,14,31H,2-3,6-13,15H2,(H2,30,32). The van der Waals surface area contributed by atoms with Gasteiger partial charge in [-0.05, 0) is 50.9 Å². The van der Waals surface area contributed by atoms with Crippen LogP contribution in [0, 0.1) is 5.82 Å². The fourth-order valence-electron chi connectivity index (χ4n) is 6.42. The first kappa shape index (κ1) is 24.3. The molecule has 2 aromatic carbocycles. The molecule has 4 aromatic rings. The van der Waals surface area contributed by atoms with Gasteiger partial charge in [0, 0.05) is 42.7 Å². The van der Waals surface area contributed by atoms with Crippen molar-refractivity contribution in [2.75, 3.05) is 56.5 Å². The summed E-state index contributed by atoms with van der Waals surface area (Å²) in [5, 5.41) is 4.66. The van der Waals surface area contributed by atoms with Gasteiger partial charge >= 0.3 is 6.01 Å². The maximum absolute atomic E-state index is 16.5. The number of halogens is 2. The van der Waals surface area contributed by atoms with Gasteiger partial charge in [-0.3, -0.25) is 4.90 Å². The van der Waals surface area contributed by atoms with E-state index in [2.05, 4.69) is 25.1 Å². The highest BCUT2D eigenvalue weighted by Crippen LogP contribution is 2.43. The molecule has 11 heteroatoms. The molecule has 0 amide bonds. The van der Waals surface area contributed by atoms with E-state index in [0.29, 0.717) is 34.0 Å². The molecule has 3 fully saturated rings. The first-order valence-corrected chi connectivity index (χ1v) is 14.4. The first-order chi connectivity index (χ1) is 18.5. The van der Waals surface area contributed by atoms with Crippen LogP contribution in [0.1, 0.15) is 25.7 Å². The predicted molar refractivity (Wildman–Crippen MR) is 151 cm³/mol. The molecule has 0 bridgehead atoms. The van der Waals surface area contributed by atoms with E-state index in [1.807, 2.05) is 18.2 Å². The molecular formula is C27H29ClFN7OS. The molecule has 0 spiro atoms. The molecule has 3 aliphatic rings. The highest BCUT2D eigenvalue weighted by molar-refractivity contribution is 7.22. The summed E-state index contributed by atoms with van der Waals surface area (Å²) in [6, 6.07) is 7.60. The number of nitrogen functional groups attached to an aromatic ring is 1. The van der Waals surface area contributed by atoms with Gasteiger partial charge in [-0.1, -0.05) is 35.1 Å². The van der Waals surface area contributed by atoms with Crippen LogP contribution < -0.4 is 20.7 Å². The number of anilines is 2. The van der Waals surface area contributed by atoms with Crippen molar-refractivity contribution in [1.29, 1.82) is 0 Å². The number of fused-ring (bicyclic) bond motifs is 3. The number of hydrogen-bond donors (Lipinski definition) is 2. The number of para-hydroxylation sites is 1. The fourth-order valence-corrected chi connectivity index (χ4v) is 7.47. The van der Waals surface area contributed by atoms with Crippen molar-refractivity contribution < 1.29 is 9.13 Å². The first-order valence-electron chi connectivity index (χ1n) is 13.2. The minimum atomic E-state index is -0.503. The largest absolute Gasteiger partial charge is 0.461 e. The van der Waals surface area contributed by atoms with Crippen molar-refractivity contribution in [1.82, 2.24) is 25.2 Å². The number of nitrogens with two attached hydrogens (primary N) is 1. The zero-order chi connectivity index (χ0) is 25.9. The van der Waals surface area contributed by atoms with Crippen LogP contribution in [0.25, 0.3) is 32.2 Å². The zero-order valence-corrected chi connectivity index (χ0v) is 22.5. The Morgan fingerprint density at radius 2 is 1.87 bits per heavy atom. The molecule has 5 heterocycles. The lowest BCUT2D eigenvalue weighted by Gasteiger charge is -2.32. The van der Waals surface area contributed by atoms with Gasteiger partial charge in [-0.25, -0.2) is 9.37 Å². The van der Waals surface area contributed by atoms with Gasteiger partial charge in [0.1, 0.15) is 17.9 Å². The Morgan fingerprint density at radius 3 is 2.66 bits per heavy atom. The average Bonchev–Trinajstić information content (AvgIpc) is 3.61. The van der Waals surface area contributed by atoms with Gasteiger partial charge < -0.3 is 20.7 Å². The highest BCUT2D eigenvalue weighted by atomic mass is 35.5. The molecule has 8 nitrogen and oxygen atoms in total. The second-order valence-corrected chi connectivity index (χ2v) is 11.9. The van der Waals surface area contributed by atoms with Crippen LogP contribution in [0.5, 0.6) is 6.01 Å². The summed E-state index contributed by atoms with van der Waals surface area (Å²) in [5.41, 5.74) is 7.71. The van der Waals surface area contributed by atoms with Crippen LogP contribution in [-0.2, 0) is 0 Å². The normalized spacial score (nSPS) is 19.5. The van der Waals surface area contributed by atoms with Crippen LogP contribution in [0.4, 0.5) is 15.3 Å². The van der Waals surface area contributed by atoms with E-state index in [-0.39, 0.29) is 27.7 Å². The summed E-state index contributed by atoms with van der Waals surface area (Å²) in [6.45, 7) is 5.87. The van der Waals surface area contributed by atoms with Crippen molar-refractivity contribution in [3.05, 3.63) is 35.1 Å². The van der Waals surface area contributed by atoms with Crippen molar-refractivity contribution in [3.63, 3.8) is 0 Å². The number of thiazole rings is 1. The molecule has 0 aliphatic carbocycles. The van der Waals surface area contributed by atoms with Crippen LogP contribution in [-0.4, -0.2) is 71.3 Å². The molecule has 3 aliphatic heterocycles. The van der Waals surface area contributed by atoms with E-state index in [9.17, 15) is 0 Å². The van der Waals surface area contributed by atoms with Crippen molar-refractivity contribution in [3.8, 4) is 17.1 Å². The van der Waals surface area contributed by atoms with E-state index in [1.165, 1.54) is 24.2 Å². The molecule has 3 N–H and O–H groups in total. The van der Waals surface area contributed by atoms with Crippen molar-refractivity contribution in [2.45, 2.75) is 31.2 Å². The number of nitrogens with one attached hydrogen (secondary N) is 1. The zero-order valence-electron chi connectivity index (χ0n) is 21.0. The number of nitrogens with zero attached hydrogens (tertiary/aromatic N) is 5. The number of piperazine rings is 1. The van der Waals surface area contributed by atoms with E-state index >= 15 is 4.39 Å². The molecule has 3 saturated heterocycles. The lowest BCUT2D eigenvalue weighted by atomic mass is 9.95. The Balaban J connectivity index is 1.37. The number of aromatic nitrogens is 3. The molecule has 198 valence electrons. The van der Waals surface area contributed by atoms with E-state index in [0.717, 1.165) is 56.8 Å². The van der Waals surface area contributed by atoms with Gasteiger partial charge in [0.25, 0.3) is 0 Å². The summed E-state index contributed by atoms with van der Waals surface area (Å²) in [6.07, 6.45) is 4.58. The Hall–Kier alpha value is -2.79. The third kappa shape index (κ3) is 3.97. The molecule has 7 rings (SSSR count). The summed E-state index contributed by atoms with van der Waals surface area (Å²) >= 11 is 8.15. The van der Waals surface area contributed by atoms with Crippen molar-refractivity contribution >= 4 is 55.0 Å². The van der Waals surface area contributed by atoms with Crippen molar-refractivity contribution in [2.24, 2.45) is 0 Å². The van der Waals surface area contributed by atoms with Gasteiger partial charge in [0.15, 0.2) is 10.9 Å². The fraction of sp³-hybridized carbons (Fsp3) is 0.444. The van der Waals surface area contributed by atoms with Crippen LogP contribution in [0.3, 0.4) is 0 Å². The second kappa shape index (κ2) is 9.44. The van der Waals surface area contributed by atoms with Crippen LogP contribution >= 0.6 is 22.9 Å². The van der Waals surface area contributed by atoms with Gasteiger partial charge in [-0.15, -0.1) is 0 Å². The van der Waals surface area contributed by atoms with Gasteiger partial charge in [-0.2, -0.15) is 9.97 Å². The summed E-state index contributed by atoms with van der Waals surface area (Å²) in [7, 11) is 0. The number of hydrogen-bond acceptors (Lipinski definition) is 9. The van der Waals surface area contributed by atoms with E-state index in [4.69, 9.17) is 27.1 Å². The van der Waals surface area contributed by atoms with Crippen LogP contribution in [0.2, 0.25) is 5.02 Å². The maximum Gasteiger partial charge on any atom is 0.319 e. The highest BCUT2D eigenvalue weighted by Gasteiger charge is 2.45. The summed E-state index contributed by atoms with van der Waals surface area (Å²) in [5.74, 6) is 0.152. The topological polar surface area (TPSA) is 92.4 Å². The maximum atomic E-state index is 16.5. The summed E-state index contributed by atoms with van der Waals surface area (Å²) < 4.78 is 23.7. The quantitative estimate of drug-likeness (QED) is 0.367. The predicted octanol–water partition coefficient (Wildman–Crippen LogP) is 4.70. The molecule has 0 radical (unpaired) electrons. The molecule has 0 atom stereocenters. The third-order valence-electron chi connectivity index (χ3n) is 8.24. The molecule has 2 aromatic heterocycles. The molecule has 0 saturated carbocycles. The monoisotopic (exact) mass is 553 g/mol. The second-order valence-electron chi connectivity index (χ2n) is 10.4. The Morgan fingerprint density at radius 1 is 1.08 bits per heavy atom. The Labute approximate surface area is 229 Å². The smallest absolute Gasteiger partial charge is 0.319 e. The average molecular weight is 554 g/mol. The minimum Gasteiger partial charge on any atom is -0.461 e. The van der Waals surface area contributed by atoms with E-state index in [1.54, 1.807) is 6.07 Å². The Kier molecular flexibility index (Phi) is 6.03. The number of ether oxygens (including phenoxy) is 1. The van der Waals surface area contributed by atoms with Gasteiger partial charge in [0.2, 0.25) is 0 Å². The Bertz CT molecular complexity index is 1530. The lowest BCUT2D eigenvalue weighted by molar-refractivity contribution is 0.108. The SMILES string of the molecule is Nc1nc2c(-c3c(Cl)cc4c(N5CCNCC5)nc(OCC56CCCN5CCC6)nc4c3F)cccc2s1. The van der Waals surface area contributed by atoms with Gasteiger partial charge in [0.05, 0.1) is 20.8 Å². The van der Waals surface area contributed by atoms with E-state index < -0.39 is 5.82 Å². The molecule has 0 unspecified atom stereocenters.